The molecule has 5 aromatic rings. The average molecular weight is 610 g/mol. The second-order valence-corrected chi connectivity index (χ2v) is 10.4. The van der Waals surface area contributed by atoms with E-state index in [1.807, 2.05) is 30.3 Å². The summed E-state index contributed by atoms with van der Waals surface area (Å²) in [6.07, 6.45) is 6.00. The van der Waals surface area contributed by atoms with Crippen molar-refractivity contribution in [3.05, 3.63) is 97.6 Å². The van der Waals surface area contributed by atoms with Crippen LogP contribution in [0.1, 0.15) is 12.8 Å². The number of methoxy groups -OCH3 is 2. The standard InChI is InChI=1S/C34H32FN5O5/c1-4-34(41)39-15-11-24(12-16-39)44-31-21-26-22(18-30(31)42-2)6-5-7-28(26)37-29-9-8-25(20-27(29)35)45-32-13-17-40(38-32)23-10-14-36-33(19-23)43-3/h4-10,13-14,17-21,24,37H,1,11-12,15-16H2,2-3H3. The molecule has 3 heterocycles. The number of pyridine rings is 1. The Hall–Kier alpha value is -5.58. The summed E-state index contributed by atoms with van der Waals surface area (Å²) >= 11 is 0. The average Bonchev–Trinajstić information content (AvgIpc) is 3.54. The van der Waals surface area contributed by atoms with Crippen molar-refractivity contribution in [2.75, 3.05) is 32.6 Å². The van der Waals surface area contributed by atoms with Gasteiger partial charge in [-0.15, -0.1) is 5.10 Å². The number of aromatic nitrogens is 3. The van der Waals surface area contributed by atoms with E-state index in [-0.39, 0.29) is 17.7 Å². The van der Waals surface area contributed by atoms with Gasteiger partial charge in [-0.1, -0.05) is 18.7 Å². The fourth-order valence-corrected chi connectivity index (χ4v) is 5.23. The highest BCUT2D eigenvalue weighted by atomic mass is 19.1. The Balaban J connectivity index is 1.18. The van der Waals surface area contributed by atoms with Gasteiger partial charge in [-0.2, -0.15) is 0 Å². The number of anilines is 2. The van der Waals surface area contributed by atoms with E-state index in [0.717, 1.165) is 16.5 Å². The minimum atomic E-state index is -0.492. The van der Waals surface area contributed by atoms with E-state index < -0.39 is 5.82 Å². The largest absolute Gasteiger partial charge is 0.493 e. The molecule has 6 rings (SSSR count). The van der Waals surface area contributed by atoms with E-state index in [9.17, 15) is 4.79 Å². The molecule has 1 aliphatic rings. The summed E-state index contributed by atoms with van der Waals surface area (Å²) in [5, 5.41) is 9.37. The molecule has 45 heavy (non-hydrogen) atoms. The summed E-state index contributed by atoms with van der Waals surface area (Å²) in [6.45, 7) is 4.76. The molecule has 1 amide bonds. The number of carbonyl (C=O) groups is 1. The maximum atomic E-state index is 15.3. The number of fused-ring (bicyclic) bond motifs is 1. The normalized spacial score (nSPS) is 13.4. The highest BCUT2D eigenvalue weighted by Gasteiger charge is 2.24. The zero-order valence-electron chi connectivity index (χ0n) is 24.9. The number of hydrogen-bond donors (Lipinski definition) is 1. The Labute approximate surface area is 259 Å². The van der Waals surface area contributed by atoms with Crippen molar-refractivity contribution in [2.45, 2.75) is 18.9 Å². The minimum Gasteiger partial charge on any atom is -0.493 e. The van der Waals surface area contributed by atoms with Gasteiger partial charge in [0.05, 0.1) is 25.6 Å². The van der Waals surface area contributed by atoms with Crippen LogP contribution in [0.5, 0.6) is 29.0 Å². The van der Waals surface area contributed by atoms with Crippen molar-refractivity contribution in [3.63, 3.8) is 0 Å². The predicted octanol–water partition coefficient (Wildman–Crippen LogP) is 6.67. The summed E-state index contributed by atoms with van der Waals surface area (Å²) in [5.41, 5.74) is 1.72. The summed E-state index contributed by atoms with van der Waals surface area (Å²) in [6, 6.07) is 19.3. The molecule has 0 radical (unpaired) electrons. The second kappa shape index (κ2) is 13.0. The van der Waals surface area contributed by atoms with E-state index in [0.29, 0.717) is 60.6 Å². The first kappa shape index (κ1) is 29.5. The Bertz CT molecular complexity index is 1850. The molecular weight excluding hydrogens is 577 g/mol. The van der Waals surface area contributed by atoms with Crippen LogP contribution in [-0.2, 0) is 4.79 Å². The first-order valence-corrected chi connectivity index (χ1v) is 14.4. The summed E-state index contributed by atoms with van der Waals surface area (Å²) < 4.78 is 40.0. The maximum absolute atomic E-state index is 15.3. The van der Waals surface area contributed by atoms with Crippen LogP contribution in [0, 0.1) is 5.82 Å². The number of benzene rings is 3. The molecule has 10 nitrogen and oxygen atoms in total. The molecule has 11 heteroatoms. The molecule has 1 N–H and O–H groups in total. The van der Waals surface area contributed by atoms with Crippen molar-refractivity contribution < 1.29 is 28.1 Å². The lowest BCUT2D eigenvalue weighted by molar-refractivity contribution is -0.127. The smallest absolute Gasteiger partial charge is 0.245 e. The van der Waals surface area contributed by atoms with Gasteiger partial charge in [-0.25, -0.2) is 14.1 Å². The van der Waals surface area contributed by atoms with Gasteiger partial charge in [0.25, 0.3) is 0 Å². The number of ether oxygens (including phenoxy) is 4. The predicted molar refractivity (Wildman–Crippen MR) is 169 cm³/mol. The Morgan fingerprint density at radius 2 is 1.82 bits per heavy atom. The Morgan fingerprint density at radius 1 is 0.978 bits per heavy atom. The summed E-state index contributed by atoms with van der Waals surface area (Å²) in [4.78, 5) is 17.8. The van der Waals surface area contributed by atoms with Crippen molar-refractivity contribution in [1.82, 2.24) is 19.7 Å². The summed E-state index contributed by atoms with van der Waals surface area (Å²) in [7, 11) is 3.14. The number of carbonyl (C=O) groups excluding carboxylic acids is 1. The number of amides is 1. The van der Waals surface area contributed by atoms with Gasteiger partial charge < -0.3 is 29.2 Å². The molecular formula is C34H32FN5O5. The maximum Gasteiger partial charge on any atom is 0.245 e. The van der Waals surface area contributed by atoms with Crippen LogP contribution in [0.25, 0.3) is 16.5 Å². The molecule has 230 valence electrons. The number of piperidine rings is 1. The van der Waals surface area contributed by atoms with Crippen LogP contribution in [0.15, 0.2) is 91.8 Å². The molecule has 0 atom stereocenters. The SMILES string of the molecule is C=CC(=O)N1CCC(Oc2cc3c(Nc4ccc(Oc5ccn(-c6ccnc(OC)c6)n5)cc4F)cccc3cc2OC)CC1. The van der Waals surface area contributed by atoms with Crippen molar-refractivity contribution in [1.29, 1.82) is 0 Å². The molecule has 0 spiro atoms. The molecule has 1 aliphatic heterocycles. The topological polar surface area (TPSA) is 100.0 Å². The van der Waals surface area contributed by atoms with Gasteiger partial charge in [-0.05, 0) is 47.9 Å². The first-order chi connectivity index (χ1) is 21.9. The van der Waals surface area contributed by atoms with Gasteiger partial charge in [-0.3, -0.25) is 4.79 Å². The molecule has 0 bridgehead atoms. The van der Waals surface area contributed by atoms with Crippen molar-refractivity contribution >= 4 is 28.1 Å². The van der Waals surface area contributed by atoms with Crippen molar-refractivity contribution in [3.8, 4) is 34.7 Å². The third-order valence-corrected chi connectivity index (χ3v) is 7.58. The lowest BCUT2D eigenvalue weighted by Gasteiger charge is -2.32. The third kappa shape index (κ3) is 6.52. The van der Waals surface area contributed by atoms with Gasteiger partial charge in [0.2, 0.25) is 17.7 Å². The van der Waals surface area contributed by atoms with Gasteiger partial charge in [0.15, 0.2) is 11.5 Å². The number of nitrogens with zero attached hydrogens (tertiary/aromatic N) is 4. The van der Waals surface area contributed by atoms with Gasteiger partial charge in [0, 0.05) is 67.6 Å². The van der Waals surface area contributed by atoms with Gasteiger partial charge >= 0.3 is 0 Å². The number of nitrogens with one attached hydrogen (secondary N) is 1. The van der Waals surface area contributed by atoms with Crippen LogP contribution >= 0.6 is 0 Å². The molecule has 0 unspecified atom stereocenters. The van der Waals surface area contributed by atoms with E-state index in [1.165, 1.54) is 12.1 Å². The highest BCUT2D eigenvalue weighted by Crippen LogP contribution is 2.38. The van der Waals surface area contributed by atoms with Crippen LogP contribution < -0.4 is 24.3 Å². The van der Waals surface area contributed by atoms with E-state index in [2.05, 4.69) is 22.0 Å². The second-order valence-electron chi connectivity index (χ2n) is 10.4. The first-order valence-electron chi connectivity index (χ1n) is 14.4. The molecule has 0 aliphatic carbocycles. The van der Waals surface area contributed by atoms with Crippen LogP contribution in [-0.4, -0.2) is 59.0 Å². The fourth-order valence-electron chi connectivity index (χ4n) is 5.23. The van der Waals surface area contributed by atoms with Crippen LogP contribution in [0.2, 0.25) is 0 Å². The van der Waals surface area contributed by atoms with E-state index >= 15 is 4.39 Å². The Kier molecular flexibility index (Phi) is 8.50. The number of hydrogen-bond acceptors (Lipinski definition) is 8. The minimum absolute atomic E-state index is 0.0718. The van der Waals surface area contributed by atoms with Gasteiger partial charge in [0.1, 0.15) is 17.7 Å². The zero-order valence-corrected chi connectivity index (χ0v) is 24.9. The number of halogens is 1. The van der Waals surface area contributed by atoms with Crippen LogP contribution in [0.3, 0.4) is 0 Å². The van der Waals surface area contributed by atoms with Crippen LogP contribution in [0.4, 0.5) is 15.8 Å². The van der Waals surface area contributed by atoms with Crippen molar-refractivity contribution in [2.24, 2.45) is 0 Å². The molecule has 1 fully saturated rings. The monoisotopic (exact) mass is 609 g/mol. The molecule has 3 aromatic carbocycles. The quantitative estimate of drug-likeness (QED) is 0.175. The lowest BCUT2D eigenvalue weighted by Crippen LogP contribution is -2.41. The molecule has 0 saturated carbocycles. The molecule has 2 aromatic heterocycles. The zero-order chi connectivity index (χ0) is 31.3. The fraction of sp³-hybridized carbons (Fsp3) is 0.206. The highest BCUT2D eigenvalue weighted by molar-refractivity contribution is 5.97. The molecule has 1 saturated heterocycles. The van der Waals surface area contributed by atoms with E-state index in [1.54, 1.807) is 66.5 Å². The third-order valence-electron chi connectivity index (χ3n) is 7.58. The summed E-state index contributed by atoms with van der Waals surface area (Å²) in [5.74, 6) is 1.69. The lowest BCUT2D eigenvalue weighted by atomic mass is 10.1. The number of likely N-dealkylation sites (tertiary alicyclic amines) is 1. The Morgan fingerprint density at radius 3 is 2.58 bits per heavy atom. The van der Waals surface area contributed by atoms with E-state index in [4.69, 9.17) is 18.9 Å². The number of rotatable bonds is 10.